The summed E-state index contributed by atoms with van der Waals surface area (Å²) in [7, 11) is 3.32. The fourth-order valence-corrected chi connectivity index (χ4v) is 2.33. The zero-order valence-corrected chi connectivity index (χ0v) is 10.3. The van der Waals surface area contributed by atoms with E-state index in [0.29, 0.717) is 0 Å². The van der Waals surface area contributed by atoms with Crippen LogP contribution in [0.3, 0.4) is 0 Å². The molecule has 0 atom stereocenters. The summed E-state index contributed by atoms with van der Waals surface area (Å²) in [6, 6.07) is 7.86. The summed E-state index contributed by atoms with van der Waals surface area (Å²) in [5.74, 6) is 0.837. The van der Waals surface area contributed by atoms with Crippen LogP contribution >= 0.6 is 11.3 Å². The van der Waals surface area contributed by atoms with Crippen molar-refractivity contribution in [1.29, 1.82) is 0 Å². The van der Waals surface area contributed by atoms with Gasteiger partial charge in [-0.05, 0) is 19.1 Å². The molecular weight excluding hydrogens is 222 g/mol. The summed E-state index contributed by atoms with van der Waals surface area (Å²) in [4.78, 5) is 4.47. The van der Waals surface area contributed by atoms with Crippen molar-refractivity contribution in [3.05, 3.63) is 30.0 Å². The molecule has 2 aromatic rings. The predicted molar refractivity (Wildman–Crippen MR) is 65.4 cm³/mol. The minimum atomic E-state index is 0.837. The van der Waals surface area contributed by atoms with Crippen LogP contribution in [0.15, 0.2) is 24.3 Å². The topological polar surface area (TPSA) is 31.4 Å². The number of thiazole rings is 1. The maximum Gasteiger partial charge on any atom is 0.197 e. The second-order valence-electron chi connectivity index (χ2n) is 3.33. The maximum absolute atomic E-state index is 5.23. The number of aryl methyl sites for hydroxylation is 1. The van der Waals surface area contributed by atoms with Gasteiger partial charge in [-0.1, -0.05) is 23.5 Å². The molecule has 16 heavy (non-hydrogen) atoms. The van der Waals surface area contributed by atoms with Gasteiger partial charge in [-0.25, -0.2) is 4.98 Å². The highest BCUT2D eigenvalue weighted by molar-refractivity contribution is 7.17. The van der Waals surface area contributed by atoms with Crippen LogP contribution in [0.1, 0.15) is 5.69 Å². The first kappa shape index (κ1) is 11.0. The van der Waals surface area contributed by atoms with Gasteiger partial charge in [0, 0.05) is 5.56 Å². The van der Waals surface area contributed by atoms with Gasteiger partial charge in [0.2, 0.25) is 0 Å². The van der Waals surface area contributed by atoms with E-state index in [1.807, 2.05) is 31.2 Å². The smallest absolute Gasteiger partial charge is 0.197 e. The molecule has 1 aromatic heterocycles. The SMILES string of the molecule is COc1cccc(-c2nc(C)c(OC)s2)c1. The van der Waals surface area contributed by atoms with Gasteiger partial charge < -0.3 is 9.47 Å². The Morgan fingerprint density at radius 3 is 2.62 bits per heavy atom. The van der Waals surface area contributed by atoms with Gasteiger partial charge in [0.15, 0.2) is 5.06 Å². The van der Waals surface area contributed by atoms with Crippen LogP contribution in [0.4, 0.5) is 0 Å². The monoisotopic (exact) mass is 235 g/mol. The van der Waals surface area contributed by atoms with Crippen molar-refractivity contribution < 1.29 is 9.47 Å². The molecule has 0 unspecified atom stereocenters. The minimum Gasteiger partial charge on any atom is -0.497 e. The molecule has 0 aliphatic rings. The van der Waals surface area contributed by atoms with Crippen molar-refractivity contribution in [2.75, 3.05) is 14.2 Å². The Morgan fingerprint density at radius 1 is 1.19 bits per heavy atom. The van der Waals surface area contributed by atoms with Gasteiger partial charge in [-0.2, -0.15) is 0 Å². The summed E-state index contributed by atoms with van der Waals surface area (Å²) in [5, 5.41) is 1.81. The largest absolute Gasteiger partial charge is 0.497 e. The van der Waals surface area contributed by atoms with E-state index in [4.69, 9.17) is 9.47 Å². The molecule has 0 N–H and O–H groups in total. The summed E-state index contributed by atoms with van der Waals surface area (Å²) in [6.07, 6.45) is 0. The van der Waals surface area contributed by atoms with Gasteiger partial charge in [0.25, 0.3) is 0 Å². The Morgan fingerprint density at radius 2 is 2.00 bits per heavy atom. The van der Waals surface area contributed by atoms with Crippen molar-refractivity contribution >= 4 is 11.3 Å². The average molecular weight is 235 g/mol. The summed E-state index contributed by atoms with van der Waals surface area (Å²) < 4.78 is 10.4. The lowest BCUT2D eigenvalue weighted by Crippen LogP contribution is -1.83. The van der Waals surface area contributed by atoms with Gasteiger partial charge in [-0.15, -0.1) is 0 Å². The van der Waals surface area contributed by atoms with Crippen LogP contribution in [0, 0.1) is 6.92 Å². The molecule has 4 heteroatoms. The first-order valence-corrected chi connectivity index (χ1v) is 5.72. The number of hydrogen-bond acceptors (Lipinski definition) is 4. The number of aromatic nitrogens is 1. The summed E-state index contributed by atoms with van der Waals surface area (Å²) in [6.45, 7) is 1.94. The molecule has 0 spiro atoms. The number of hydrogen-bond donors (Lipinski definition) is 0. The average Bonchev–Trinajstić information content (AvgIpc) is 2.71. The molecule has 1 aromatic carbocycles. The van der Waals surface area contributed by atoms with E-state index >= 15 is 0 Å². The molecule has 0 bridgehead atoms. The van der Waals surface area contributed by atoms with E-state index in [9.17, 15) is 0 Å². The van der Waals surface area contributed by atoms with Gasteiger partial charge in [0.05, 0.1) is 19.9 Å². The van der Waals surface area contributed by atoms with Crippen molar-refractivity contribution in [2.45, 2.75) is 6.92 Å². The molecule has 2 rings (SSSR count). The van der Waals surface area contributed by atoms with Gasteiger partial charge in [0.1, 0.15) is 10.8 Å². The Hall–Kier alpha value is -1.55. The molecule has 0 aliphatic carbocycles. The molecule has 0 aliphatic heterocycles. The molecule has 84 valence electrons. The molecular formula is C12H13NO2S. The van der Waals surface area contributed by atoms with Crippen molar-refractivity contribution in [3.8, 4) is 21.4 Å². The van der Waals surface area contributed by atoms with E-state index in [1.54, 1.807) is 25.6 Å². The summed E-state index contributed by atoms with van der Waals surface area (Å²) >= 11 is 1.54. The highest BCUT2D eigenvalue weighted by Crippen LogP contribution is 2.34. The second kappa shape index (κ2) is 4.53. The second-order valence-corrected chi connectivity index (χ2v) is 4.29. The zero-order valence-electron chi connectivity index (χ0n) is 9.48. The molecule has 3 nitrogen and oxygen atoms in total. The molecule has 0 amide bonds. The zero-order chi connectivity index (χ0) is 11.5. The van der Waals surface area contributed by atoms with Gasteiger partial charge in [-0.3, -0.25) is 0 Å². The standard InChI is InChI=1S/C12H13NO2S/c1-8-12(15-3)16-11(13-8)9-5-4-6-10(7-9)14-2/h4-7H,1-3H3. The number of ether oxygens (including phenoxy) is 2. The molecule has 0 fully saturated rings. The lowest BCUT2D eigenvalue weighted by atomic mass is 10.2. The Labute approximate surface area is 98.7 Å². The number of benzene rings is 1. The highest BCUT2D eigenvalue weighted by Gasteiger charge is 2.09. The number of nitrogens with zero attached hydrogens (tertiary/aromatic N) is 1. The highest BCUT2D eigenvalue weighted by atomic mass is 32.1. The summed E-state index contributed by atoms with van der Waals surface area (Å²) in [5.41, 5.74) is 1.97. The maximum atomic E-state index is 5.23. The molecule has 1 heterocycles. The van der Waals surface area contributed by atoms with E-state index < -0.39 is 0 Å². The van der Waals surface area contributed by atoms with Crippen LogP contribution in [-0.4, -0.2) is 19.2 Å². The van der Waals surface area contributed by atoms with Gasteiger partial charge >= 0.3 is 0 Å². The van der Waals surface area contributed by atoms with Crippen molar-refractivity contribution in [3.63, 3.8) is 0 Å². The van der Waals surface area contributed by atoms with Crippen LogP contribution in [0.5, 0.6) is 10.8 Å². The third kappa shape index (κ3) is 2.02. The van der Waals surface area contributed by atoms with E-state index in [2.05, 4.69) is 4.98 Å². The Kier molecular flexibility index (Phi) is 3.10. The lowest BCUT2D eigenvalue weighted by molar-refractivity contribution is 0.415. The Balaban J connectivity index is 2.41. The van der Waals surface area contributed by atoms with E-state index in [0.717, 1.165) is 27.1 Å². The molecule has 0 saturated carbocycles. The first-order valence-electron chi connectivity index (χ1n) is 4.90. The number of methoxy groups -OCH3 is 2. The molecule has 0 radical (unpaired) electrons. The van der Waals surface area contributed by atoms with Crippen LogP contribution < -0.4 is 9.47 Å². The Bertz CT molecular complexity index is 494. The molecule has 0 saturated heterocycles. The normalized spacial score (nSPS) is 10.2. The number of rotatable bonds is 3. The minimum absolute atomic E-state index is 0.837. The van der Waals surface area contributed by atoms with E-state index in [1.165, 1.54) is 0 Å². The fraction of sp³-hybridized carbons (Fsp3) is 0.250. The van der Waals surface area contributed by atoms with Crippen molar-refractivity contribution in [2.24, 2.45) is 0 Å². The van der Waals surface area contributed by atoms with Crippen LogP contribution in [-0.2, 0) is 0 Å². The van der Waals surface area contributed by atoms with Crippen molar-refractivity contribution in [1.82, 2.24) is 4.98 Å². The van der Waals surface area contributed by atoms with E-state index in [-0.39, 0.29) is 0 Å². The fourth-order valence-electron chi connectivity index (χ4n) is 1.45. The third-order valence-electron chi connectivity index (χ3n) is 2.26. The van der Waals surface area contributed by atoms with Crippen LogP contribution in [0.2, 0.25) is 0 Å². The third-order valence-corrected chi connectivity index (χ3v) is 3.42. The lowest BCUT2D eigenvalue weighted by Gasteiger charge is -2.00. The predicted octanol–water partition coefficient (Wildman–Crippen LogP) is 3.14. The van der Waals surface area contributed by atoms with Crippen LogP contribution in [0.25, 0.3) is 10.6 Å². The first-order chi connectivity index (χ1) is 7.74. The quantitative estimate of drug-likeness (QED) is 0.819.